The smallest absolute Gasteiger partial charge is 0.434 e. The van der Waals surface area contributed by atoms with Gasteiger partial charge in [-0.1, -0.05) is 140 Å². The number of hydrogen-bond donors (Lipinski definition) is 0. The van der Waals surface area contributed by atoms with Gasteiger partial charge in [-0.2, -0.15) is 0 Å². The fraction of sp³-hybridized carbons (Fsp3) is 0. The Balaban J connectivity index is 0.913. The first-order chi connectivity index (χ1) is 32.7. The Hall–Kier alpha value is -8.74. The summed E-state index contributed by atoms with van der Waals surface area (Å²) >= 11 is 0. The van der Waals surface area contributed by atoms with E-state index in [2.05, 4.69) is 232 Å². The third kappa shape index (κ3) is 4.90. The minimum Gasteiger partial charge on any atom is -0.551 e. The lowest BCUT2D eigenvalue weighted by atomic mass is 9.50. The molecule has 306 valence electrons. The molecule has 0 spiro atoms. The minimum atomic E-state index is -0.337. The van der Waals surface area contributed by atoms with Crippen molar-refractivity contribution >= 4 is 83.3 Å². The molecule has 0 aliphatic carbocycles. The van der Waals surface area contributed by atoms with E-state index in [-0.39, 0.29) is 6.92 Å². The Labute approximate surface area is 379 Å². The molecule has 6 heteroatoms. The van der Waals surface area contributed by atoms with Crippen LogP contribution < -0.4 is 20.3 Å². The summed E-state index contributed by atoms with van der Waals surface area (Å²) in [7, 11) is 0. The van der Waals surface area contributed by atoms with E-state index in [4.69, 9.17) is 9.39 Å². The predicted molar refractivity (Wildman–Crippen MR) is 272 cm³/mol. The first-order valence-electron chi connectivity index (χ1n) is 22.6. The normalized spacial score (nSPS) is 12.8. The standard InChI is InChI=1S/C60H36BN3O2/c1-8-22-50(64-54-26-12-4-18-43(54)44-19-5-13-27-55(44)64)40(15-1)37-29-31-49-58(33-37)65-59-36-39(35-48-46-21-7-14-28-57(46)66-61(49)60(48)59)63-53-25-11-6-20-45(53)47-34-38(30-32-56(47)63)62-51-23-9-2-16-41(51)42-17-3-10-24-52(42)62/h1-36H. The van der Waals surface area contributed by atoms with Crippen LogP contribution >= 0.6 is 0 Å². The van der Waals surface area contributed by atoms with Gasteiger partial charge in [-0.15, -0.1) is 0 Å². The van der Waals surface area contributed by atoms with Crippen molar-refractivity contribution in [3.8, 4) is 56.6 Å². The molecular weight excluding hydrogens is 805 g/mol. The van der Waals surface area contributed by atoms with Crippen LogP contribution in [0, 0.1) is 0 Å². The molecule has 2 aliphatic rings. The number of aromatic nitrogens is 3. The summed E-state index contributed by atoms with van der Waals surface area (Å²) < 4.78 is 21.4. The number of rotatable bonds is 4. The van der Waals surface area contributed by atoms with Crippen molar-refractivity contribution in [1.29, 1.82) is 0 Å². The Morgan fingerprint density at radius 3 is 1.48 bits per heavy atom. The van der Waals surface area contributed by atoms with Gasteiger partial charge >= 0.3 is 6.92 Å². The average molecular weight is 842 g/mol. The highest BCUT2D eigenvalue weighted by atomic mass is 16.5. The molecule has 0 saturated heterocycles. The van der Waals surface area contributed by atoms with Crippen LogP contribution in [0.4, 0.5) is 0 Å². The van der Waals surface area contributed by atoms with E-state index in [1.165, 1.54) is 54.4 Å². The first-order valence-corrected chi connectivity index (χ1v) is 22.6. The molecule has 0 saturated carbocycles. The molecule has 0 radical (unpaired) electrons. The van der Waals surface area contributed by atoms with Gasteiger partial charge in [0.05, 0.1) is 44.5 Å². The second-order valence-corrected chi connectivity index (χ2v) is 17.6. The van der Waals surface area contributed by atoms with Crippen molar-refractivity contribution in [2.24, 2.45) is 0 Å². The molecule has 0 bridgehead atoms. The van der Waals surface area contributed by atoms with E-state index < -0.39 is 0 Å². The number of fused-ring (bicyclic) bond motifs is 13. The van der Waals surface area contributed by atoms with Gasteiger partial charge < -0.3 is 23.1 Å². The highest BCUT2D eigenvalue weighted by Gasteiger charge is 2.41. The monoisotopic (exact) mass is 841 g/mol. The lowest BCUT2D eigenvalue weighted by molar-refractivity contribution is 0.479. The van der Waals surface area contributed by atoms with Crippen molar-refractivity contribution in [2.75, 3.05) is 0 Å². The van der Waals surface area contributed by atoms with Gasteiger partial charge in [0.1, 0.15) is 17.2 Å². The van der Waals surface area contributed by atoms with E-state index in [0.29, 0.717) is 0 Å². The Morgan fingerprint density at radius 1 is 0.318 bits per heavy atom. The van der Waals surface area contributed by atoms with Crippen LogP contribution in [0.2, 0.25) is 0 Å². The molecule has 0 N–H and O–H groups in total. The highest BCUT2D eigenvalue weighted by molar-refractivity contribution is 6.84. The fourth-order valence-electron chi connectivity index (χ4n) is 11.3. The maximum absolute atomic E-state index is 7.18. The SMILES string of the molecule is c1ccc2c(c1)OB1c3ccc(-c4ccccc4-n4c5ccccc5c5ccccc54)cc3Oc3cc(-n4c5ccccc5c5cc(-n6c7ccccc7c7ccccc76)ccc54)cc-2c31. The van der Waals surface area contributed by atoms with E-state index in [1.807, 2.05) is 0 Å². The molecule has 0 fully saturated rings. The Morgan fingerprint density at radius 2 is 0.833 bits per heavy atom. The van der Waals surface area contributed by atoms with E-state index in [9.17, 15) is 0 Å². The number of para-hydroxylation sites is 7. The van der Waals surface area contributed by atoms with Gasteiger partial charge in [0.2, 0.25) is 0 Å². The Bertz CT molecular complexity index is 4100. The van der Waals surface area contributed by atoms with Gasteiger partial charge in [0.25, 0.3) is 0 Å². The summed E-state index contributed by atoms with van der Waals surface area (Å²) in [6, 6.07) is 78.8. The minimum absolute atomic E-state index is 0.337. The van der Waals surface area contributed by atoms with Crippen molar-refractivity contribution in [3.05, 3.63) is 218 Å². The number of hydrogen-bond acceptors (Lipinski definition) is 2. The zero-order valence-corrected chi connectivity index (χ0v) is 35.5. The summed E-state index contributed by atoms with van der Waals surface area (Å²) in [5, 5.41) is 7.36. The molecule has 15 rings (SSSR count). The fourth-order valence-corrected chi connectivity index (χ4v) is 11.3. The molecule has 13 aromatic rings. The Kier molecular flexibility index (Phi) is 7.24. The second kappa shape index (κ2) is 13.4. The predicted octanol–water partition coefficient (Wildman–Crippen LogP) is 13.9. The third-order valence-electron chi connectivity index (χ3n) is 14.1. The van der Waals surface area contributed by atoms with Crippen LogP contribution in [0.5, 0.6) is 17.2 Å². The molecule has 5 heterocycles. The third-order valence-corrected chi connectivity index (χ3v) is 14.1. The zero-order valence-electron chi connectivity index (χ0n) is 35.5. The van der Waals surface area contributed by atoms with E-state index in [1.54, 1.807) is 0 Å². The molecule has 0 atom stereocenters. The van der Waals surface area contributed by atoms with Crippen LogP contribution in [-0.2, 0) is 0 Å². The summed E-state index contributed by atoms with van der Waals surface area (Å²) in [4.78, 5) is 0. The lowest BCUT2D eigenvalue weighted by Gasteiger charge is -2.33. The van der Waals surface area contributed by atoms with E-state index in [0.717, 1.165) is 78.5 Å². The molecule has 5 nitrogen and oxygen atoms in total. The summed E-state index contributed by atoms with van der Waals surface area (Å²) in [6.45, 7) is -0.337. The van der Waals surface area contributed by atoms with Gasteiger partial charge in [-0.05, 0) is 83.9 Å². The van der Waals surface area contributed by atoms with Gasteiger partial charge in [0, 0.05) is 66.1 Å². The number of ether oxygens (including phenoxy) is 1. The zero-order chi connectivity index (χ0) is 43.0. The largest absolute Gasteiger partial charge is 0.551 e. The lowest BCUT2D eigenvalue weighted by Crippen LogP contribution is -2.53. The summed E-state index contributed by atoms with van der Waals surface area (Å²) in [5.41, 5.74) is 16.7. The van der Waals surface area contributed by atoms with Crippen molar-refractivity contribution in [2.45, 2.75) is 0 Å². The maximum atomic E-state index is 7.18. The number of benzene rings is 10. The molecule has 10 aromatic carbocycles. The van der Waals surface area contributed by atoms with Crippen molar-refractivity contribution in [1.82, 2.24) is 13.7 Å². The van der Waals surface area contributed by atoms with Crippen LogP contribution in [-0.4, -0.2) is 20.6 Å². The highest BCUT2D eigenvalue weighted by Crippen LogP contribution is 2.44. The van der Waals surface area contributed by atoms with Crippen LogP contribution in [0.15, 0.2) is 218 Å². The molecule has 0 unspecified atom stereocenters. The first kappa shape index (κ1) is 35.7. The molecule has 3 aromatic heterocycles. The molecule has 66 heavy (non-hydrogen) atoms. The van der Waals surface area contributed by atoms with Crippen molar-refractivity contribution < 1.29 is 9.39 Å². The number of nitrogens with zero attached hydrogens (tertiary/aromatic N) is 3. The maximum Gasteiger partial charge on any atom is 0.434 e. The van der Waals surface area contributed by atoms with E-state index >= 15 is 0 Å². The molecule has 2 aliphatic heterocycles. The van der Waals surface area contributed by atoms with Crippen LogP contribution in [0.25, 0.3) is 105 Å². The average Bonchev–Trinajstić information content (AvgIpc) is 4.02. The molecule has 0 amide bonds. The quantitative estimate of drug-likeness (QED) is 0.165. The topological polar surface area (TPSA) is 33.2 Å². The molecular formula is C60H36BN3O2. The van der Waals surface area contributed by atoms with Gasteiger partial charge in [-0.3, -0.25) is 0 Å². The summed E-state index contributed by atoms with van der Waals surface area (Å²) in [5.74, 6) is 2.46. The van der Waals surface area contributed by atoms with Gasteiger partial charge in [0.15, 0.2) is 0 Å². The van der Waals surface area contributed by atoms with Crippen molar-refractivity contribution in [3.63, 3.8) is 0 Å². The second-order valence-electron chi connectivity index (χ2n) is 17.6. The van der Waals surface area contributed by atoms with Gasteiger partial charge in [-0.25, -0.2) is 0 Å². The van der Waals surface area contributed by atoms with Crippen LogP contribution in [0.1, 0.15) is 0 Å². The summed E-state index contributed by atoms with van der Waals surface area (Å²) in [6.07, 6.45) is 0. The van der Waals surface area contributed by atoms with Crippen LogP contribution in [0.3, 0.4) is 0 Å².